The highest BCUT2D eigenvalue weighted by atomic mass is 15.3. The van der Waals surface area contributed by atoms with Crippen LogP contribution >= 0.6 is 0 Å². The van der Waals surface area contributed by atoms with E-state index in [1.165, 1.54) is 38.9 Å². The lowest BCUT2D eigenvalue weighted by Gasteiger charge is -2.49. The number of rotatable bonds is 5. The molecule has 16 heavy (non-hydrogen) atoms. The maximum atomic E-state index is 3.77. The summed E-state index contributed by atoms with van der Waals surface area (Å²) in [6.45, 7) is 15.2. The van der Waals surface area contributed by atoms with Crippen molar-refractivity contribution >= 4 is 0 Å². The molecule has 1 unspecified atom stereocenters. The minimum Gasteiger partial charge on any atom is -0.311 e. The molecule has 0 aromatic rings. The number of nitrogens with zero attached hydrogens (tertiary/aromatic N) is 1. The molecule has 0 saturated carbocycles. The van der Waals surface area contributed by atoms with Gasteiger partial charge in [-0.3, -0.25) is 4.90 Å². The zero-order valence-electron chi connectivity index (χ0n) is 11.8. The molecule has 0 aromatic heterocycles. The lowest BCUT2D eigenvalue weighted by Crippen LogP contribution is -2.64. The minimum absolute atomic E-state index is 0.419. The lowest BCUT2D eigenvalue weighted by molar-refractivity contribution is 0.0324. The third kappa shape index (κ3) is 2.98. The number of piperazine rings is 1. The van der Waals surface area contributed by atoms with Crippen LogP contribution in [0.5, 0.6) is 0 Å². The normalized spacial score (nSPS) is 26.2. The lowest BCUT2D eigenvalue weighted by atomic mass is 9.86. The molecule has 0 aliphatic carbocycles. The van der Waals surface area contributed by atoms with Gasteiger partial charge in [0.15, 0.2) is 0 Å². The summed E-state index contributed by atoms with van der Waals surface area (Å²) in [5.41, 5.74) is 0.419. The van der Waals surface area contributed by atoms with Crippen molar-refractivity contribution < 1.29 is 0 Å². The predicted octanol–water partition coefficient (Wildman–Crippen LogP) is 2.89. The molecule has 0 spiro atoms. The topological polar surface area (TPSA) is 15.3 Å². The average molecular weight is 226 g/mol. The second-order valence-corrected chi connectivity index (χ2v) is 5.68. The fraction of sp³-hybridized carbons (Fsp3) is 1.00. The third-order valence-corrected chi connectivity index (χ3v) is 4.29. The Hall–Kier alpha value is -0.0800. The molecule has 96 valence electrons. The van der Waals surface area contributed by atoms with E-state index in [9.17, 15) is 0 Å². The highest BCUT2D eigenvalue weighted by Crippen LogP contribution is 2.27. The highest BCUT2D eigenvalue weighted by Gasteiger charge is 2.37. The quantitative estimate of drug-likeness (QED) is 0.775. The standard InChI is InChI=1S/C14H30N2/c1-6-14(7-2)11-15-13(9-12(4)5)10-16(14)8-3/h12-13,15H,6-11H2,1-5H3. The summed E-state index contributed by atoms with van der Waals surface area (Å²) < 4.78 is 0. The molecule has 1 rings (SSSR count). The number of hydrogen-bond donors (Lipinski definition) is 1. The largest absolute Gasteiger partial charge is 0.311 e. The monoisotopic (exact) mass is 226 g/mol. The van der Waals surface area contributed by atoms with Crippen LogP contribution in [0, 0.1) is 5.92 Å². The van der Waals surface area contributed by atoms with Gasteiger partial charge in [-0.05, 0) is 31.7 Å². The Labute approximate surface area is 102 Å². The molecule has 1 saturated heterocycles. The molecular formula is C14H30N2. The van der Waals surface area contributed by atoms with Gasteiger partial charge < -0.3 is 5.32 Å². The van der Waals surface area contributed by atoms with E-state index in [0.29, 0.717) is 11.6 Å². The smallest absolute Gasteiger partial charge is 0.0329 e. The van der Waals surface area contributed by atoms with Crippen molar-refractivity contribution in [2.75, 3.05) is 19.6 Å². The Morgan fingerprint density at radius 2 is 1.88 bits per heavy atom. The Kier molecular flexibility index (Phi) is 5.26. The number of nitrogens with one attached hydrogen (secondary N) is 1. The molecule has 1 aliphatic rings. The van der Waals surface area contributed by atoms with Gasteiger partial charge in [0, 0.05) is 24.7 Å². The van der Waals surface area contributed by atoms with Gasteiger partial charge in [-0.15, -0.1) is 0 Å². The van der Waals surface area contributed by atoms with Crippen LogP contribution in [0.2, 0.25) is 0 Å². The van der Waals surface area contributed by atoms with E-state index < -0.39 is 0 Å². The average Bonchev–Trinajstić information content (AvgIpc) is 2.28. The van der Waals surface area contributed by atoms with Gasteiger partial charge in [-0.25, -0.2) is 0 Å². The van der Waals surface area contributed by atoms with E-state index >= 15 is 0 Å². The van der Waals surface area contributed by atoms with Crippen molar-refractivity contribution in [3.05, 3.63) is 0 Å². The van der Waals surface area contributed by atoms with Crippen LogP contribution in [0.15, 0.2) is 0 Å². The van der Waals surface area contributed by atoms with Crippen LogP contribution in [-0.2, 0) is 0 Å². The van der Waals surface area contributed by atoms with Crippen LogP contribution in [0.1, 0.15) is 53.9 Å². The first-order chi connectivity index (χ1) is 7.57. The molecule has 0 bridgehead atoms. The van der Waals surface area contributed by atoms with E-state index in [2.05, 4.69) is 44.8 Å². The van der Waals surface area contributed by atoms with Crippen molar-refractivity contribution in [3.63, 3.8) is 0 Å². The van der Waals surface area contributed by atoms with Crippen molar-refractivity contribution in [1.82, 2.24) is 10.2 Å². The van der Waals surface area contributed by atoms with E-state index in [0.717, 1.165) is 5.92 Å². The van der Waals surface area contributed by atoms with Crippen molar-refractivity contribution in [2.45, 2.75) is 65.5 Å². The number of likely N-dealkylation sites (N-methyl/N-ethyl adjacent to an activating group) is 1. The molecule has 0 amide bonds. The maximum absolute atomic E-state index is 3.77. The summed E-state index contributed by atoms with van der Waals surface area (Å²) >= 11 is 0. The van der Waals surface area contributed by atoms with Crippen LogP contribution in [-0.4, -0.2) is 36.1 Å². The van der Waals surface area contributed by atoms with Crippen LogP contribution in [0.25, 0.3) is 0 Å². The van der Waals surface area contributed by atoms with Gasteiger partial charge in [0.05, 0.1) is 0 Å². The van der Waals surface area contributed by atoms with Gasteiger partial charge in [0.25, 0.3) is 0 Å². The minimum atomic E-state index is 0.419. The fourth-order valence-electron chi connectivity index (χ4n) is 3.11. The first kappa shape index (κ1) is 14.0. The molecule has 1 heterocycles. The highest BCUT2D eigenvalue weighted by molar-refractivity contribution is 4.97. The van der Waals surface area contributed by atoms with Gasteiger partial charge in [-0.1, -0.05) is 34.6 Å². The van der Waals surface area contributed by atoms with Crippen LogP contribution in [0.3, 0.4) is 0 Å². The Morgan fingerprint density at radius 3 is 2.31 bits per heavy atom. The van der Waals surface area contributed by atoms with Crippen molar-refractivity contribution in [2.24, 2.45) is 5.92 Å². The summed E-state index contributed by atoms with van der Waals surface area (Å²) in [7, 11) is 0. The molecule has 2 nitrogen and oxygen atoms in total. The van der Waals surface area contributed by atoms with Gasteiger partial charge in [0.1, 0.15) is 0 Å². The summed E-state index contributed by atoms with van der Waals surface area (Å²) in [6, 6.07) is 0.700. The van der Waals surface area contributed by atoms with Crippen molar-refractivity contribution in [3.8, 4) is 0 Å². The van der Waals surface area contributed by atoms with E-state index in [4.69, 9.17) is 0 Å². The second kappa shape index (κ2) is 6.02. The maximum Gasteiger partial charge on any atom is 0.0329 e. The van der Waals surface area contributed by atoms with E-state index in [-0.39, 0.29) is 0 Å². The molecule has 1 atom stereocenters. The molecule has 2 heteroatoms. The van der Waals surface area contributed by atoms with Gasteiger partial charge in [0.2, 0.25) is 0 Å². The zero-order valence-corrected chi connectivity index (χ0v) is 11.8. The summed E-state index contributed by atoms with van der Waals surface area (Å²) in [6.07, 6.45) is 3.83. The predicted molar refractivity (Wildman–Crippen MR) is 71.8 cm³/mol. The molecule has 1 aliphatic heterocycles. The molecule has 1 N–H and O–H groups in total. The Balaban J connectivity index is 2.63. The molecule has 0 radical (unpaired) electrons. The fourth-order valence-corrected chi connectivity index (χ4v) is 3.11. The second-order valence-electron chi connectivity index (χ2n) is 5.68. The molecule has 0 aromatic carbocycles. The van der Waals surface area contributed by atoms with Gasteiger partial charge >= 0.3 is 0 Å². The first-order valence-electron chi connectivity index (χ1n) is 7.06. The Bertz CT molecular complexity index is 197. The number of hydrogen-bond acceptors (Lipinski definition) is 2. The summed E-state index contributed by atoms with van der Waals surface area (Å²) in [5.74, 6) is 0.798. The van der Waals surface area contributed by atoms with E-state index in [1.54, 1.807) is 0 Å². The first-order valence-corrected chi connectivity index (χ1v) is 7.06. The summed E-state index contributed by atoms with van der Waals surface area (Å²) in [5, 5.41) is 3.77. The summed E-state index contributed by atoms with van der Waals surface area (Å²) in [4.78, 5) is 2.70. The SMILES string of the molecule is CCN1CC(CC(C)C)NCC1(CC)CC. The van der Waals surface area contributed by atoms with E-state index in [1.807, 2.05) is 0 Å². The van der Waals surface area contributed by atoms with Crippen LogP contribution in [0.4, 0.5) is 0 Å². The Morgan fingerprint density at radius 1 is 1.25 bits per heavy atom. The van der Waals surface area contributed by atoms with Crippen LogP contribution < -0.4 is 5.32 Å². The van der Waals surface area contributed by atoms with Crippen molar-refractivity contribution in [1.29, 1.82) is 0 Å². The molecular weight excluding hydrogens is 196 g/mol. The molecule has 1 fully saturated rings. The zero-order chi connectivity index (χ0) is 12.2. The van der Waals surface area contributed by atoms with Gasteiger partial charge in [-0.2, -0.15) is 0 Å². The third-order valence-electron chi connectivity index (χ3n) is 4.29.